The molecule has 0 aliphatic heterocycles. The smallest absolute Gasteiger partial charge is 0.244 e. The molecule has 0 aliphatic rings. The van der Waals surface area contributed by atoms with E-state index < -0.39 is 5.54 Å². The van der Waals surface area contributed by atoms with Crippen molar-refractivity contribution in [2.45, 2.75) is 25.9 Å². The molecule has 130 valence electrons. The predicted molar refractivity (Wildman–Crippen MR) is 103 cm³/mol. The van der Waals surface area contributed by atoms with Crippen molar-refractivity contribution < 1.29 is 9.53 Å². The average molecular weight is 414 g/mol. The summed E-state index contributed by atoms with van der Waals surface area (Å²) in [6.45, 7) is 4.07. The Morgan fingerprint density at radius 2 is 1.88 bits per heavy atom. The Morgan fingerprint density at radius 3 is 2.46 bits per heavy atom. The second kappa shape index (κ2) is 8.51. The van der Waals surface area contributed by atoms with E-state index in [1.165, 1.54) is 0 Å². The molecule has 0 saturated carbocycles. The van der Waals surface area contributed by atoms with Crippen LogP contribution in [0.4, 0.5) is 0 Å². The van der Waals surface area contributed by atoms with Crippen molar-refractivity contribution in [3.8, 4) is 5.75 Å². The highest BCUT2D eigenvalue weighted by Crippen LogP contribution is 2.22. The summed E-state index contributed by atoms with van der Waals surface area (Å²) < 4.78 is 6.30. The van der Waals surface area contributed by atoms with Gasteiger partial charge in [0.2, 0.25) is 5.91 Å². The number of ether oxygens (including phenoxy) is 1. The maximum absolute atomic E-state index is 12.5. The van der Waals surface area contributed by atoms with Gasteiger partial charge in [-0.3, -0.25) is 4.79 Å². The van der Waals surface area contributed by atoms with E-state index in [4.69, 9.17) is 10.5 Å². The summed E-state index contributed by atoms with van der Waals surface area (Å²) in [5, 5.41) is 2.89. The lowest BCUT2D eigenvalue weighted by Gasteiger charge is -2.24. The number of hydrogen-bond acceptors (Lipinski definition) is 3. The molecule has 0 fully saturated rings. The Labute approximate surface area is 157 Å². The van der Waals surface area contributed by atoms with Crippen LogP contribution in [0.2, 0.25) is 0 Å². The fourth-order valence-corrected chi connectivity index (χ4v) is 2.55. The third-order valence-electron chi connectivity index (χ3n) is 3.80. The van der Waals surface area contributed by atoms with Gasteiger partial charge in [0.15, 0.2) is 0 Å². The Bertz CT molecular complexity index is 703. The molecule has 0 aromatic heterocycles. The summed E-state index contributed by atoms with van der Waals surface area (Å²) in [5.41, 5.74) is 7.91. The zero-order valence-electron chi connectivity index (χ0n) is 13.9. The number of methoxy groups -OCH3 is 1. The molecule has 0 saturated heterocycles. The number of rotatable bonds is 5. The van der Waals surface area contributed by atoms with Crippen LogP contribution in [-0.2, 0) is 16.9 Å². The molecule has 0 spiro atoms. The number of halogens is 2. The first-order chi connectivity index (χ1) is 10.8. The lowest BCUT2D eigenvalue weighted by atomic mass is 9.92. The second-order valence-electron chi connectivity index (χ2n) is 5.71. The molecular weight excluding hydrogens is 392 g/mol. The standard InChI is InChI=1S/C18H21BrN2O2.ClH/c1-12-4-5-13(16(10-12)23-3)11-21-17(22)18(2,20)14-6-8-15(19)9-7-14;/h4-10H,11,20H2,1-3H3,(H,21,22);1H. The van der Waals surface area contributed by atoms with Crippen LogP contribution in [0.5, 0.6) is 5.75 Å². The maximum atomic E-state index is 12.5. The number of aryl methyl sites for hydroxylation is 1. The van der Waals surface area contributed by atoms with E-state index in [1.807, 2.05) is 49.4 Å². The number of benzene rings is 2. The minimum Gasteiger partial charge on any atom is -0.496 e. The monoisotopic (exact) mass is 412 g/mol. The molecule has 1 unspecified atom stereocenters. The van der Waals surface area contributed by atoms with Gasteiger partial charge >= 0.3 is 0 Å². The number of nitrogens with one attached hydrogen (secondary N) is 1. The SMILES string of the molecule is COc1cc(C)ccc1CNC(=O)C(C)(N)c1ccc(Br)cc1.Cl. The number of hydrogen-bond donors (Lipinski definition) is 2. The van der Waals surface area contributed by atoms with Gasteiger partial charge in [-0.25, -0.2) is 0 Å². The van der Waals surface area contributed by atoms with Crippen molar-refractivity contribution >= 4 is 34.2 Å². The highest BCUT2D eigenvalue weighted by Gasteiger charge is 2.30. The second-order valence-corrected chi connectivity index (χ2v) is 6.62. The van der Waals surface area contributed by atoms with Crippen LogP contribution in [0, 0.1) is 6.92 Å². The molecule has 0 heterocycles. The Hall–Kier alpha value is -1.56. The van der Waals surface area contributed by atoms with Gasteiger partial charge in [0.1, 0.15) is 11.3 Å². The van der Waals surface area contributed by atoms with Crippen LogP contribution in [0.15, 0.2) is 46.9 Å². The van der Waals surface area contributed by atoms with Crippen molar-refractivity contribution in [3.05, 3.63) is 63.6 Å². The fraction of sp³-hybridized carbons (Fsp3) is 0.278. The van der Waals surface area contributed by atoms with Crippen molar-refractivity contribution in [3.63, 3.8) is 0 Å². The van der Waals surface area contributed by atoms with Gasteiger partial charge in [-0.2, -0.15) is 0 Å². The van der Waals surface area contributed by atoms with E-state index in [0.717, 1.165) is 26.9 Å². The van der Waals surface area contributed by atoms with E-state index >= 15 is 0 Å². The molecule has 2 aromatic rings. The molecule has 4 nitrogen and oxygen atoms in total. The van der Waals surface area contributed by atoms with E-state index in [2.05, 4.69) is 21.2 Å². The summed E-state index contributed by atoms with van der Waals surface area (Å²) in [5.74, 6) is 0.523. The zero-order chi connectivity index (χ0) is 17.0. The molecule has 6 heteroatoms. The predicted octanol–water partition coefficient (Wildman–Crippen LogP) is 3.68. The molecule has 1 atom stereocenters. The van der Waals surface area contributed by atoms with Crippen LogP contribution >= 0.6 is 28.3 Å². The van der Waals surface area contributed by atoms with E-state index in [1.54, 1.807) is 14.0 Å². The Morgan fingerprint density at radius 1 is 1.25 bits per heavy atom. The number of amides is 1. The molecule has 2 rings (SSSR count). The highest BCUT2D eigenvalue weighted by atomic mass is 79.9. The van der Waals surface area contributed by atoms with Gasteiger partial charge in [-0.1, -0.05) is 40.2 Å². The fourth-order valence-electron chi connectivity index (χ4n) is 2.28. The van der Waals surface area contributed by atoms with Gasteiger partial charge in [0.05, 0.1) is 7.11 Å². The quantitative estimate of drug-likeness (QED) is 0.786. The minimum absolute atomic E-state index is 0. The Kier molecular flexibility index (Phi) is 7.27. The van der Waals surface area contributed by atoms with E-state index in [0.29, 0.717) is 6.54 Å². The normalized spacial score (nSPS) is 12.7. The molecule has 1 amide bonds. The van der Waals surface area contributed by atoms with Crippen LogP contribution in [0.25, 0.3) is 0 Å². The molecule has 24 heavy (non-hydrogen) atoms. The summed E-state index contributed by atoms with van der Waals surface area (Å²) >= 11 is 3.38. The Balaban J connectivity index is 0.00000288. The first-order valence-corrected chi connectivity index (χ1v) is 8.10. The average Bonchev–Trinajstić information content (AvgIpc) is 2.53. The summed E-state index contributed by atoms with van der Waals surface area (Å²) in [7, 11) is 1.62. The van der Waals surface area contributed by atoms with Crippen molar-refractivity contribution in [1.82, 2.24) is 5.32 Å². The molecule has 0 radical (unpaired) electrons. The third-order valence-corrected chi connectivity index (χ3v) is 4.33. The first kappa shape index (κ1) is 20.5. The molecule has 3 N–H and O–H groups in total. The lowest BCUT2D eigenvalue weighted by Crippen LogP contribution is -2.48. The van der Waals surface area contributed by atoms with Crippen molar-refractivity contribution in [1.29, 1.82) is 0 Å². The van der Waals surface area contributed by atoms with E-state index in [9.17, 15) is 4.79 Å². The molecular formula is C18H22BrClN2O2. The van der Waals surface area contributed by atoms with Crippen LogP contribution in [0.3, 0.4) is 0 Å². The van der Waals surface area contributed by atoms with Gasteiger partial charge in [-0.15, -0.1) is 12.4 Å². The molecule has 2 aromatic carbocycles. The summed E-state index contributed by atoms with van der Waals surface area (Å²) in [6, 6.07) is 13.3. The molecule has 0 bridgehead atoms. The third kappa shape index (κ3) is 4.72. The van der Waals surface area contributed by atoms with Crippen molar-refractivity contribution in [2.75, 3.05) is 7.11 Å². The zero-order valence-corrected chi connectivity index (χ0v) is 16.3. The number of carbonyl (C=O) groups is 1. The van der Waals surface area contributed by atoms with Gasteiger partial charge in [-0.05, 0) is 43.2 Å². The highest BCUT2D eigenvalue weighted by molar-refractivity contribution is 9.10. The van der Waals surface area contributed by atoms with E-state index in [-0.39, 0.29) is 18.3 Å². The number of nitrogens with two attached hydrogens (primary N) is 1. The van der Waals surface area contributed by atoms with Gasteiger partial charge in [0, 0.05) is 16.6 Å². The lowest BCUT2D eigenvalue weighted by molar-refractivity contribution is -0.126. The van der Waals surface area contributed by atoms with Crippen molar-refractivity contribution in [2.24, 2.45) is 5.73 Å². The number of carbonyl (C=O) groups excluding carboxylic acids is 1. The van der Waals surface area contributed by atoms with Gasteiger partial charge in [0.25, 0.3) is 0 Å². The summed E-state index contributed by atoms with van der Waals surface area (Å²) in [6.07, 6.45) is 0. The van der Waals surface area contributed by atoms with Crippen LogP contribution in [0.1, 0.15) is 23.6 Å². The first-order valence-electron chi connectivity index (χ1n) is 7.31. The largest absolute Gasteiger partial charge is 0.496 e. The van der Waals surface area contributed by atoms with Crippen LogP contribution < -0.4 is 15.8 Å². The molecule has 0 aliphatic carbocycles. The van der Waals surface area contributed by atoms with Crippen LogP contribution in [-0.4, -0.2) is 13.0 Å². The topological polar surface area (TPSA) is 64.3 Å². The summed E-state index contributed by atoms with van der Waals surface area (Å²) in [4.78, 5) is 12.5. The maximum Gasteiger partial charge on any atom is 0.244 e. The van der Waals surface area contributed by atoms with Gasteiger partial charge < -0.3 is 15.8 Å². The minimum atomic E-state index is -1.10.